The first-order valence-electron chi connectivity index (χ1n) is 11.0. The largest absolute Gasteiger partial charge is 0.429 e. The van der Waals surface area contributed by atoms with E-state index < -0.39 is 24.0 Å². The molecule has 0 bridgehead atoms. The van der Waals surface area contributed by atoms with Crippen molar-refractivity contribution in [3.05, 3.63) is 41.5 Å². The van der Waals surface area contributed by atoms with Gasteiger partial charge in [0, 0.05) is 0 Å². The molecule has 2 aliphatic carbocycles. The van der Waals surface area contributed by atoms with Crippen LogP contribution in [0.3, 0.4) is 0 Å². The Balaban J connectivity index is 1.45. The van der Waals surface area contributed by atoms with Gasteiger partial charge in [-0.15, -0.1) is 0 Å². The summed E-state index contributed by atoms with van der Waals surface area (Å²) in [6, 6.07) is 2.32. The summed E-state index contributed by atoms with van der Waals surface area (Å²) in [6.07, 6.45) is 16.2. The number of halogens is 4. The highest BCUT2D eigenvalue weighted by atomic mass is 19.3. The molecule has 0 N–H and O–H groups in total. The van der Waals surface area contributed by atoms with Gasteiger partial charge >= 0.3 is 6.61 Å². The van der Waals surface area contributed by atoms with Crippen LogP contribution < -0.4 is 4.74 Å². The summed E-state index contributed by atoms with van der Waals surface area (Å²) in [5, 5.41) is 0. The minimum Gasteiger partial charge on any atom is -0.429 e. The number of allylic oxidation sites excluding steroid dienone is 2. The van der Waals surface area contributed by atoms with Crippen molar-refractivity contribution in [1.82, 2.24) is 0 Å². The van der Waals surface area contributed by atoms with Gasteiger partial charge in [-0.2, -0.15) is 8.78 Å². The van der Waals surface area contributed by atoms with Gasteiger partial charge in [-0.05, 0) is 99.7 Å². The minimum atomic E-state index is -3.24. The van der Waals surface area contributed by atoms with Crippen molar-refractivity contribution in [2.24, 2.45) is 17.8 Å². The van der Waals surface area contributed by atoms with Gasteiger partial charge in [-0.3, -0.25) is 0 Å². The first-order valence-corrected chi connectivity index (χ1v) is 11.0. The van der Waals surface area contributed by atoms with Gasteiger partial charge < -0.3 is 4.74 Å². The van der Waals surface area contributed by atoms with Crippen LogP contribution in [0.15, 0.2) is 24.3 Å². The molecule has 3 rings (SSSR count). The van der Waals surface area contributed by atoms with Crippen LogP contribution in [-0.2, 0) is 0 Å². The van der Waals surface area contributed by atoms with E-state index in [1.807, 2.05) is 0 Å². The molecule has 2 fully saturated rings. The summed E-state index contributed by atoms with van der Waals surface area (Å²) >= 11 is 0. The Labute approximate surface area is 171 Å². The van der Waals surface area contributed by atoms with E-state index in [0.29, 0.717) is 11.5 Å². The van der Waals surface area contributed by atoms with Gasteiger partial charge in [0.1, 0.15) is 0 Å². The first-order chi connectivity index (χ1) is 14.0. The topological polar surface area (TPSA) is 9.23 Å². The van der Waals surface area contributed by atoms with Crippen LogP contribution in [0, 0.1) is 29.4 Å². The lowest BCUT2D eigenvalue weighted by atomic mass is 9.74. The van der Waals surface area contributed by atoms with Gasteiger partial charge in [0.25, 0.3) is 0 Å². The molecule has 0 saturated heterocycles. The second kappa shape index (κ2) is 10.5. The van der Waals surface area contributed by atoms with E-state index in [0.717, 1.165) is 49.7 Å². The lowest BCUT2D eigenvalue weighted by Gasteiger charge is -2.31. The van der Waals surface area contributed by atoms with Crippen molar-refractivity contribution in [2.75, 3.05) is 0 Å². The molecule has 162 valence electrons. The van der Waals surface area contributed by atoms with Crippen molar-refractivity contribution in [1.29, 1.82) is 0 Å². The van der Waals surface area contributed by atoms with E-state index in [9.17, 15) is 17.6 Å². The fourth-order valence-electron chi connectivity index (χ4n) is 5.21. The van der Waals surface area contributed by atoms with Gasteiger partial charge in [0.05, 0.1) is 0 Å². The molecule has 0 aliphatic heterocycles. The molecule has 0 radical (unpaired) electrons. The summed E-state index contributed by atoms with van der Waals surface area (Å²) in [6.45, 7) is -1.14. The molecule has 0 atom stereocenters. The van der Waals surface area contributed by atoms with E-state index in [1.54, 1.807) is 0 Å². The van der Waals surface area contributed by atoms with E-state index in [1.165, 1.54) is 38.5 Å². The lowest BCUT2D eigenvalue weighted by molar-refractivity contribution is -0.0546. The molecule has 2 aliphatic rings. The summed E-state index contributed by atoms with van der Waals surface area (Å²) in [5.41, 5.74) is 0.558. The normalized spacial score (nSPS) is 28.2. The molecular formula is C24H32F4O. The van der Waals surface area contributed by atoms with Gasteiger partial charge in [0.15, 0.2) is 17.4 Å². The quantitative estimate of drug-likeness (QED) is 0.326. The molecule has 1 nitrogen and oxygen atoms in total. The zero-order valence-corrected chi connectivity index (χ0v) is 17.2. The van der Waals surface area contributed by atoms with Crippen LogP contribution in [-0.4, -0.2) is 6.61 Å². The van der Waals surface area contributed by atoms with Crippen molar-refractivity contribution in [3.8, 4) is 5.75 Å². The average molecular weight is 413 g/mol. The van der Waals surface area contributed by atoms with Crippen LogP contribution in [0.25, 0.3) is 0 Å². The molecule has 0 unspecified atom stereocenters. The molecule has 0 amide bonds. The minimum absolute atomic E-state index is 0.0899. The predicted molar refractivity (Wildman–Crippen MR) is 107 cm³/mol. The highest BCUT2D eigenvalue weighted by molar-refractivity contribution is 5.33. The summed E-state index contributed by atoms with van der Waals surface area (Å²) in [7, 11) is 0. The van der Waals surface area contributed by atoms with Crippen LogP contribution in [0.5, 0.6) is 5.75 Å². The highest BCUT2D eigenvalue weighted by Gasteiger charge is 2.26. The fraction of sp³-hybridized carbons (Fsp3) is 0.667. The number of hydrogen-bond donors (Lipinski definition) is 0. The third kappa shape index (κ3) is 6.23. The highest BCUT2D eigenvalue weighted by Crippen LogP contribution is 2.41. The molecule has 2 saturated carbocycles. The maximum absolute atomic E-state index is 14.0. The average Bonchev–Trinajstić information content (AvgIpc) is 2.70. The zero-order valence-electron chi connectivity index (χ0n) is 17.2. The van der Waals surface area contributed by atoms with Crippen LogP contribution in [0.2, 0.25) is 0 Å². The number of alkyl halides is 2. The Kier molecular flexibility index (Phi) is 8.02. The Hall–Kier alpha value is -1.52. The standard InChI is InChI=1S/C24H32F4O/c1-2-3-16-4-6-17(7-5-16)8-9-18-10-12-19(13-11-18)20-14-21(25)23(22(26)15-20)29-24(27)28/h2-3,14-19,24H,4-13H2,1H3/b3-2+. The van der Waals surface area contributed by atoms with Crippen LogP contribution in [0.1, 0.15) is 82.6 Å². The van der Waals surface area contributed by atoms with Gasteiger partial charge in [0.2, 0.25) is 0 Å². The molecule has 0 aromatic heterocycles. The molecular weight excluding hydrogens is 380 g/mol. The molecule has 0 heterocycles. The molecule has 1 aromatic carbocycles. The molecule has 29 heavy (non-hydrogen) atoms. The van der Waals surface area contributed by atoms with Gasteiger partial charge in [-0.25, -0.2) is 8.78 Å². The third-order valence-electron chi connectivity index (χ3n) is 6.88. The van der Waals surface area contributed by atoms with Crippen molar-refractivity contribution in [2.45, 2.75) is 83.7 Å². The molecule has 1 aromatic rings. The maximum Gasteiger partial charge on any atom is 0.387 e. The van der Waals surface area contributed by atoms with Crippen molar-refractivity contribution < 1.29 is 22.3 Å². The first kappa shape index (κ1) is 22.2. The van der Waals surface area contributed by atoms with Gasteiger partial charge in [-0.1, -0.05) is 25.0 Å². The summed E-state index contributed by atoms with van der Waals surface area (Å²) in [5.74, 6) is -0.680. The van der Waals surface area contributed by atoms with Crippen molar-refractivity contribution in [3.63, 3.8) is 0 Å². The Bertz CT molecular complexity index is 648. The predicted octanol–water partition coefficient (Wildman–Crippen LogP) is 8.00. The fourth-order valence-corrected chi connectivity index (χ4v) is 5.21. The van der Waals surface area contributed by atoms with Crippen molar-refractivity contribution >= 4 is 0 Å². The maximum atomic E-state index is 14.0. The lowest BCUT2D eigenvalue weighted by Crippen LogP contribution is -2.17. The van der Waals surface area contributed by atoms with E-state index in [2.05, 4.69) is 23.8 Å². The van der Waals surface area contributed by atoms with E-state index in [-0.39, 0.29) is 5.92 Å². The number of rotatable bonds is 7. The zero-order chi connectivity index (χ0) is 20.8. The Morgan fingerprint density at radius 2 is 1.41 bits per heavy atom. The number of benzene rings is 1. The molecule has 0 spiro atoms. The second-order valence-corrected chi connectivity index (χ2v) is 8.79. The summed E-state index contributed by atoms with van der Waals surface area (Å²) < 4.78 is 56.5. The monoisotopic (exact) mass is 412 g/mol. The SMILES string of the molecule is C/C=C/C1CCC(CCC2CCC(c3cc(F)c(OC(F)F)c(F)c3)CC2)CC1. The van der Waals surface area contributed by atoms with E-state index in [4.69, 9.17) is 0 Å². The van der Waals surface area contributed by atoms with Crippen LogP contribution >= 0.6 is 0 Å². The molecule has 5 heteroatoms. The van der Waals surface area contributed by atoms with Crippen LogP contribution in [0.4, 0.5) is 17.6 Å². The second-order valence-electron chi connectivity index (χ2n) is 8.79. The van der Waals surface area contributed by atoms with E-state index >= 15 is 0 Å². The number of ether oxygens (including phenoxy) is 1. The smallest absolute Gasteiger partial charge is 0.387 e. The Morgan fingerprint density at radius 1 is 0.897 bits per heavy atom. The summed E-state index contributed by atoms with van der Waals surface area (Å²) in [4.78, 5) is 0. The Morgan fingerprint density at radius 3 is 1.90 bits per heavy atom. The number of hydrogen-bond acceptors (Lipinski definition) is 1. The third-order valence-corrected chi connectivity index (χ3v) is 6.88.